The Morgan fingerprint density at radius 3 is 2.26 bits per heavy atom. The van der Waals surface area contributed by atoms with E-state index in [0.717, 1.165) is 0 Å². The van der Waals surface area contributed by atoms with Gasteiger partial charge in [0, 0.05) is 24.1 Å². The van der Waals surface area contributed by atoms with Gasteiger partial charge in [0.1, 0.15) is 6.61 Å². The average molecular weight is 365 g/mol. The first-order valence-corrected chi connectivity index (χ1v) is 7.12. The smallest absolute Gasteiger partial charge is 0.456 e. The molecule has 0 bridgehead atoms. The second-order valence-corrected chi connectivity index (χ2v) is 5.24. The van der Waals surface area contributed by atoms with Gasteiger partial charge in [0.2, 0.25) is 0 Å². The zero-order chi connectivity index (χ0) is 18.3. The largest absolute Gasteiger partial charge is 0.460 e. The van der Waals surface area contributed by atoms with Crippen LogP contribution < -0.4 is 4.72 Å². The van der Waals surface area contributed by atoms with Crippen molar-refractivity contribution in [1.29, 1.82) is 0 Å². The van der Waals surface area contributed by atoms with Crippen LogP contribution in [-0.4, -0.2) is 42.6 Å². The highest BCUT2D eigenvalue weighted by Crippen LogP contribution is 2.27. The fourth-order valence-electron chi connectivity index (χ4n) is 1.19. The first kappa shape index (κ1) is 21.6. The molecule has 0 aliphatic carbocycles. The molecule has 5 nitrogen and oxygen atoms in total. The number of nitrogens with one attached hydrogen (secondary N) is 1. The van der Waals surface area contributed by atoms with Crippen LogP contribution >= 0.6 is 11.9 Å². The number of hydrogen-bond donors (Lipinski definition) is 1. The summed E-state index contributed by atoms with van der Waals surface area (Å²) in [5, 5.41) is 0. The molecule has 1 N–H and O–H groups in total. The number of ether oxygens (including phenoxy) is 2. The maximum atomic E-state index is 13.8. The molecule has 0 aromatic carbocycles. The predicted molar refractivity (Wildman–Crippen MR) is 72.5 cm³/mol. The lowest BCUT2D eigenvalue weighted by Crippen LogP contribution is -2.45. The lowest BCUT2D eigenvalue weighted by atomic mass is 10.1. The van der Waals surface area contributed by atoms with Gasteiger partial charge in [-0.15, -0.1) is 0 Å². The number of rotatable bonds is 9. The molecule has 0 aliphatic heterocycles. The third-order valence-electron chi connectivity index (χ3n) is 2.27. The van der Waals surface area contributed by atoms with Crippen LogP contribution in [0.25, 0.3) is 0 Å². The van der Waals surface area contributed by atoms with E-state index in [1.54, 1.807) is 4.72 Å². The minimum Gasteiger partial charge on any atom is -0.460 e. The molecule has 0 heterocycles. The van der Waals surface area contributed by atoms with Gasteiger partial charge in [-0.3, -0.25) is 4.72 Å². The summed E-state index contributed by atoms with van der Waals surface area (Å²) < 4.78 is 73.5. The summed E-state index contributed by atoms with van der Waals surface area (Å²) in [5.74, 6) is -7.21. The van der Waals surface area contributed by atoms with Gasteiger partial charge in [0.05, 0.1) is 0 Å². The van der Waals surface area contributed by atoms with E-state index < -0.39 is 54.6 Å². The van der Waals surface area contributed by atoms with E-state index in [1.807, 2.05) is 0 Å². The number of carbonyl (C=O) groups is 2. The Bertz CT molecular complexity index is 442. The van der Waals surface area contributed by atoms with Crippen molar-refractivity contribution in [3.63, 3.8) is 0 Å². The van der Waals surface area contributed by atoms with Crippen LogP contribution in [0.4, 0.5) is 22.0 Å². The average Bonchev–Trinajstić information content (AvgIpc) is 2.41. The minimum absolute atomic E-state index is 0.124. The molecule has 0 aromatic rings. The first-order chi connectivity index (χ1) is 10.4. The Morgan fingerprint density at radius 2 is 1.83 bits per heavy atom. The highest BCUT2D eigenvalue weighted by Gasteiger charge is 2.50. The second-order valence-electron chi connectivity index (χ2n) is 4.28. The summed E-state index contributed by atoms with van der Waals surface area (Å²) >= 11 is -0.593. The SMILES string of the molecule is C=C(C)C(=O)OC(CC)C(F)(F)C(=O)OCCNSC(F)(F)F. The Morgan fingerprint density at radius 1 is 1.26 bits per heavy atom. The van der Waals surface area contributed by atoms with E-state index in [1.165, 1.54) is 13.8 Å². The van der Waals surface area contributed by atoms with E-state index in [2.05, 4.69) is 16.1 Å². The van der Waals surface area contributed by atoms with E-state index in [0.29, 0.717) is 0 Å². The second kappa shape index (κ2) is 9.06. The van der Waals surface area contributed by atoms with Crippen LogP contribution in [0.3, 0.4) is 0 Å². The zero-order valence-corrected chi connectivity index (χ0v) is 13.2. The summed E-state index contributed by atoms with van der Waals surface area (Å²) in [6, 6.07) is 0. The molecule has 134 valence electrons. The quantitative estimate of drug-likeness (QED) is 0.223. The van der Waals surface area contributed by atoms with Crippen LogP contribution in [-0.2, 0) is 19.1 Å². The molecule has 0 amide bonds. The van der Waals surface area contributed by atoms with E-state index >= 15 is 0 Å². The molecular weight excluding hydrogens is 349 g/mol. The highest BCUT2D eigenvalue weighted by atomic mass is 32.2. The van der Waals surface area contributed by atoms with Crippen LogP contribution in [0.2, 0.25) is 0 Å². The maximum Gasteiger partial charge on any atom is 0.456 e. The van der Waals surface area contributed by atoms with Crippen molar-refractivity contribution in [2.24, 2.45) is 0 Å². The van der Waals surface area contributed by atoms with Crippen molar-refractivity contribution < 1.29 is 41.0 Å². The fourth-order valence-corrected chi connectivity index (χ4v) is 1.54. The molecule has 1 unspecified atom stereocenters. The fraction of sp³-hybridized carbons (Fsp3) is 0.667. The van der Waals surface area contributed by atoms with Crippen LogP contribution in [0, 0.1) is 0 Å². The monoisotopic (exact) mass is 365 g/mol. The van der Waals surface area contributed by atoms with Gasteiger partial charge in [0.25, 0.3) is 0 Å². The maximum absolute atomic E-state index is 13.8. The van der Waals surface area contributed by atoms with Crippen LogP contribution in [0.5, 0.6) is 0 Å². The molecular formula is C12H16F5NO4S. The van der Waals surface area contributed by atoms with E-state index in [-0.39, 0.29) is 12.0 Å². The highest BCUT2D eigenvalue weighted by molar-refractivity contribution is 7.98. The Kier molecular flexibility index (Phi) is 8.53. The number of halogens is 5. The number of esters is 2. The third-order valence-corrected chi connectivity index (χ3v) is 2.85. The van der Waals surface area contributed by atoms with Gasteiger partial charge in [0.15, 0.2) is 6.10 Å². The molecule has 0 radical (unpaired) electrons. The Balaban J connectivity index is 4.45. The predicted octanol–water partition coefficient (Wildman–Crippen LogP) is 2.82. The summed E-state index contributed by atoms with van der Waals surface area (Å²) in [5.41, 5.74) is -4.67. The van der Waals surface area contributed by atoms with Gasteiger partial charge in [-0.2, -0.15) is 22.0 Å². The molecule has 23 heavy (non-hydrogen) atoms. The molecule has 11 heteroatoms. The number of alkyl halides is 5. The van der Waals surface area contributed by atoms with Gasteiger partial charge in [-0.05, 0) is 13.3 Å². The van der Waals surface area contributed by atoms with Crippen LogP contribution in [0.15, 0.2) is 12.2 Å². The molecule has 1 atom stereocenters. The van der Waals surface area contributed by atoms with Crippen molar-refractivity contribution >= 4 is 23.9 Å². The molecule has 0 spiro atoms. The van der Waals surface area contributed by atoms with E-state index in [9.17, 15) is 31.5 Å². The van der Waals surface area contributed by atoms with Gasteiger partial charge in [-0.1, -0.05) is 13.5 Å². The molecule has 0 fully saturated rings. The van der Waals surface area contributed by atoms with Crippen molar-refractivity contribution in [2.45, 2.75) is 37.8 Å². The van der Waals surface area contributed by atoms with Gasteiger partial charge in [-0.25, -0.2) is 9.59 Å². The molecule has 0 rings (SSSR count). The van der Waals surface area contributed by atoms with Crippen LogP contribution in [0.1, 0.15) is 20.3 Å². The van der Waals surface area contributed by atoms with Crippen molar-refractivity contribution in [3.8, 4) is 0 Å². The molecule has 0 saturated carbocycles. The topological polar surface area (TPSA) is 64.6 Å². The summed E-state index contributed by atoms with van der Waals surface area (Å²) in [4.78, 5) is 22.6. The normalized spacial score (nSPS) is 13.3. The van der Waals surface area contributed by atoms with Gasteiger partial charge >= 0.3 is 23.4 Å². The van der Waals surface area contributed by atoms with Crippen molar-refractivity contribution in [2.75, 3.05) is 13.2 Å². The standard InChI is InChI=1S/C12H16F5NO4S/c1-4-8(22-9(19)7(2)3)11(13,14)10(20)21-6-5-18-23-12(15,16)17/h8,18H,2,4-6H2,1,3H3. The first-order valence-electron chi connectivity index (χ1n) is 6.31. The van der Waals surface area contributed by atoms with Crippen molar-refractivity contribution in [1.82, 2.24) is 4.72 Å². The summed E-state index contributed by atoms with van der Waals surface area (Å²) in [7, 11) is 0. The number of hydrogen-bond acceptors (Lipinski definition) is 6. The Labute approximate surface area is 133 Å². The molecule has 0 aromatic heterocycles. The minimum atomic E-state index is -4.54. The molecule has 0 saturated heterocycles. The lowest BCUT2D eigenvalue weighted by Gasteiger charge is -2.24. The lowest BCUT2D eigenvalue weighted by molar-refractivity contribution is -0.196. The van der Waals surface area contributed by atoms with E-state index in [4.69, 9.17) is 0 Å². The number of carbonyl (C=O) groups excluding carboxylic acids is 2. The third kappa shape index (κ3) is 8.16. The summed E-state index contributed by atoms with van der Waals surface area (Å²) in [6.07, 6.45) is -2.43. The van der Waals surface area contributed by atoms with Gasteiger partial charge < -0.3 is 9.47 Å². The molecule has 0 aliphatic rings. The van der Waals surface area contributed by atoms with Crippen molar-refractivity contribution in [3.05, 3.63) is 12.2 Å². The zero-order valence-electron chi connectivity index (χ0n) is 12.3. The summed E-state index contributed by atoms with van der Waals surface area (Å²) in [6.45, 7) is 4.53. The Hall–Kier alpha value is -1.36.